The molecule has 3 amide bonds. The summed E-state index contributed by atoms with van der Waals surface area (Å²) in [4.78, 5) is 40.3. The Kier molecular flexibility index (Phi) is 7.54. The fourth-order valence-electron chi connectivity index (χ4n) is 4.10. The van der Waals surface area contributed by atoms with Crippen molar-refractivity contribution in [3.8, 4) is 11.5 Å². The Morgan fingerprint density at radius 3 is 2.47 bits per heavy atom. The number of hydrogen-bond donors (Lipinski definition) is 1. The molecule has 3 rings (SSSR count). The molecule has 0 saturated carbocycles. The molecule has 0 aliphatic carbocycles. The fourth-order valence-corrected chi connectivity index (χ4v) is 4.10. The number of anilines is 1. The minimum atomic E-state index is -0.0728. The number of hydrogen-bond acceptors (Lipinski definition) is 5. The quantitative estimate of drug-likeness (QED) is 0.701. The van der Waals surface area contributed by atoms with Gasteiger partial charge >= 0.3 is 0 Å². The molecule has 30 heavy (non-hydrogen) atoms. The number of carbonyl (C=O) groups is 3. The van der Waals surface area contributed by atoms with Crippen LogP contribution in [0.25, 0.3) is 0 Å². The van der Waals surface area contributed by atoms with Crippen molar-refractivity contribution in [3.63, 3.8) is 0 Å². The summed E-state index contributed by atoms with van der Waals surface area (Å²) < 4.78 is 10.5. The van der Waals surface area contributed by atoms with Gasteiger partial charge < -0.3 is 24.6 Å². The van der Waals surface area contributed by atoms with Crippen molar-refractivity contribution in [3.05, 3.63) is 18.2 Å². The summed E-state index contributed by atoms with van der Waals surface area (Å²) in [5.74, 6) is 1.54. The number of methoxy groups -OCH3 is 2. The predicted octanol–water partition coefficient (Wildman–Crippen LogP) is 2.28. The van der Waals surface area contributed by atoms with E-state index in [0.29, 0.717) is 49.0 Å². The van der Waals surface area contributed by atoms with E-state index in [1.165, 1.54) is 0 Å². The maximum absolute atomic E-state index is 12.6. The van der Waals surface area contributed by atoms with Crippen LogP contribution >= 0.6 is 0 Å². The van der Waals surface area contributed by atoms with E-state index in [9.17, 15) is 14.4 Å². The van der Waals surface area contributed by atoms with Gasteiger partial charge in [-0.3, -0.25) is 14.4 Å². The van der Waals surface area contributed by atoms with E-state index in [-0.39, 0.29) is 24.3 Å². The number of carbonyl (C=O) groups excluding carboxylic acids is 3. The highest BCUT2D eigenvalue weighted by molar-refractivity contribution is 5.91. The lowest BCUT2D eigenvalue weighted by Gasteiger charge is -2.33. The number of amides is 3. The average molecular weight is 418 g/mol. The van der Waals surface area contributed by atoms with Crippen LogP contribution < -0.4 is 14.8 Å². The van der Waals surface area contributed by atoms with Crippen molar-refractivity contribution in [1.29, 1.82) is 0 Å². The second-order valence-corrected chi connectivity index (χ2v) is 7.96. The second-order valence-electron chi connectivity index (χ2n) is 7.96. The standard InChI is InChI=1S/C22H31N3O5/c1-29-18-11-17(12-19(13-18)30-2)23-20(26)8-7-16-5-3-9-24(14-16)22(28)15-25-10-4-6-21(25)27/h11-13,16H,3-10,14-15H2,1-2H3,(H,23,26). The zero-order valence-electron chi connectivity index (χ0n) is 17.8. The van der Waals surface area contributed by atoms with Crippen molar-refractivity contribution in [2.24, 2.45) is 5.92 Å². The number of nitrogens with zero attached hydrogens (tertiary/aromatic N) is 2. The highest BCUT2D eigenvalue weighted by Gasteiger charge is 2.28. The minimum Gasteiger partial charge on any atom is -0.497 e. The summed E-state index contributed by atoms with van der Waals surface area (Å²) >= 11 is 0. The van der Waals surface area contributed by atoms with Gasteiger partial charge in [-0.05, 0) is 31.6 Å². The van der Waals surface area contributed by atoms with Crippen LogP contribution in [-0.2, 0) is 14.4 Å². The van der Waals surface area contributed by atoms with Crippen LogP contribution in [0.1, 0.15) is 38.5 Å². The molecular weight excluding hydrogens is 386 g/mol. The van der Waals surface area contributed by atoms with E-state index < -0.39 is 0 Å². The zero-order chi connectivity index (χ0) is 21.5. The number of piperidine rings is 1. The van der Waals surface area contributed by atoms with Crippen molar-refractivity contribution < 1.29 is 23.9 Å². The van der Waals surface area contributed by atoms with Crippen LogP contribution in [0, 0.1) is 5.92 Å². The van der Waals surface area contributed by atoms with Crippen molar-refractivity contribution in [2.45, 2.75) is 38.5 Å². The summed E-state index contributed by atoms with van der Waals surface area (Å²) in [6, 6.07) is 5.25. The number of nitrogens with one attached hydrogen (secondary N) is 1. The van der Waals surface area contributed by atoms with E-state index >= 15 is 0 Å². The van der Waals surface area contributed by atoms with Gasteiger partial charge in [0.15, 0.2) is 0 Å². The lowest BCUT2D eigenvalue weighted by Crippen LogP contribution is -2.45. The van der Waals surface area contributed by atoms with Gasteiger partial charge in [0.2, 0.25) is 17.7 Å². The summed E-state index contributed by atoms with van der Waals surface area (Å²) in [7, 11) is 3.13. The first-order valence-corrected chi connectivity index (χ1v) is 10.6. The van der Waals surface area contributed by atoms with Crippen LogP contribution in [0.15, 0.2) is 18.2 Å². The Hall–Kier alpha value is -2.77. The average Bonchev–Trinajstić information content (AvgIpc) is 3.16. The van der Waals surface area contributed by atoms with Crippen LogP contribution in [0.5, 0.6) is 11.5 Å². The third kappa shape index (κ3) is 5.87. The van der Waals surface area contributed by atoms with Crippen LogP contribution in [0.4, 0.5) is 5.69 Å². The molecule has 1 aromatic rings. The molecule has 1 aromatic carbocycles. The van der Waals surface area contributed by atoms with Gasteiger partial charge in [0.05, 0.1) is 20.8 Å². The van der Waals surface area contributed by atoms with Gasteiger partial charge in [-0.2, -0.15) is 0 Å². The third-order valence-corrected chi connectivity index (χ3v) is 5.78. The SMILES string of the molecule is COc1cc(NC(=O)CCC2CCCN(C(=O)CN3CCCC3=O)C2)cc(OC)c1. The van der Waals surface area contributed by atoms with Gasteiger partial charge in [0, 0.05) is 56.4 Å². The monoisotopic (exact) mass is 417 g/mol. The molecule has 0 radical (unpaired) electrons. The second kappa shape index (κ2) is 10.3. The number of benzene rings is 1. The molecule has 0 bridgehead atoms. The van der Waals surface area contributed by atoms with Gasteiger partial charge in [-0.25, -0.2) is 0 Å². The molecule has 2 saturated heterocycles. The van der Waals surface area contributed by atoms with Crippen LogP contribution in [-0.4, -0.2) is 67.9 Å². The molecule has 1 unspecified atom stereocenters. The summed E-state index contributed by atoms with van der Waals surface area (Å²) in [6.07, 6.45) is 4.43. The van der Waals surface area contributed by atoms with Crippen molar-refractivity contribution in [1.82, 2.24) is 9.80 Å². The molecule has 8 heteroatoms. The molecule has 8 nitrogen and oxygen atoms in total. The molecule has 0 spiro atoms. The zero-order valence-corrected chi connectivity index (χ0v) is 17.8. The highest BCUT2D eigenvalue weighted by atomic mass is 16.5. The molecule has 2 aliphatic heterocycles. The molecule has 1 atom stereocenters. The molecule has 164 valence electrons. The van der Waals surface area contributed by atoms with Gasteiger partial charge in [0.25, 0.3) is 0 Å². The maximum Gasteiger partial charge on any atom is 0.242 e. The van der Waals surface area contributed by atoms with Gasteiger partial charge in [0.1, 0.15) is 11.5 Å². The molecule has 0 aromatic heterocycles. The third-order valence-electron chi connectivity index (χ3n) is 5.78. The molecule has 1 N–H and O–H groups in total. The Labute approximate surface area is 177 Å². The van der Waals surface area contributed by atoms with E-state index in [1.807, 2.05) is 4.90 Å². The summed E-state index contributed by atoms with van der Waals surface area (Å²) in [6.45, 7) is 2.25. The maximum atomic E-state index is 12.6. The van der Waals surface area contributed by atoms with Gasteiger partial charge in [-0.1, -0.05) is 0 Å². The summed E-state index contributed by atoms with van der Waals surface area (Å²) in [5, 5.41) is 2.89. The topological polar surface area (TPSA) is 88.2 Å². The van der Waals surface area contributed by atoms with E-state index in [0.717, 1.165) is 32.2 Å². The molecule has 2 heterocycles. The first-order valence-electron chi connectivity index (χ1n) is 10.6. The predicted molar refractivity (Wildman–Crippen MR) is 113 cm³/mol. The fraction of sp³-hybridized carbons (Fsp3) is 0.591. The lowest BCUT2D eigenvalue weighted by molar-refractivity contribution is -0.139. The minimum absolute atomic E-state index is 0.0166. The lowest BCUT2D eigenvalue weighted by atomic mass is 9.93. The smallest absolute Gasteiger partial charge is 0.242 e. The number of ether oxygens (including phenoxy) is 2. The van der Waals surface area contributed by atoms with Crippen molar-refractivity contribution in [2.75, 3.05) is 45.7 Å². The van der Waals surface area contributed by atoms with Gasteiger partial charge in [-0.15, -0.1) is 0 Å². The molecular formula is C22H31N3O5. The Morgan fingerprint density at radius 1 is 1.10 bits per heavy atom. The summed E-state index contributed by atoms with van der Waals surface area (Å²) in [5.41, 5.74) is 0.631. The van der Waals surface area contributed by atoms with Crippen molar-refractivity contribution >= 4 is 23.4 Å². The van der Waals surface area contributed by atoms with Crippen LogP contribution in [0.3, 0.4) is 0 Å². The highest BCUT2D eigenvalue weighted by Crippen LogP contribution is 2.26. The van der Waals surface area contributed by atoms with Crippen LogP contribution in [0.2, 0.25) is 0 Å². The largest absolute Gasteiger partial charge is 0.497 e. The Morgan fingerprint density at radius 2 is 1.83 bits per heavy atom. The Balaban J connectivity index is 1.46. The normalized spacial score (nSPS) is 19.0. The number of likely N-dealkylation sites (tertiary alicyclic amines) is 2. The Bertz CT molecular complexity index is 760. The molecule has 2 fully saturated rings. The van der Waals surface area contributed by atoms with E-state index in [1.54, 1.807) is 37.3 Å². The van der Waals surface area contributed by atoms with E-state index in [2.05, 4.69) is 5.32 Å². The molecule has 2 aliphatic rings. The van der Waals surface area contributed by atoms with E-state index in [4.69, 9.17) is 9.47 Å². The first-order chi connectivity index (χ1) is 14.5. The number of rotatable bonds is 8. The first kappa shape index (κ1) is 21.9.